The number of amides is 1. The molecule has 0 atom stereocenters. The highest BCUT2D eigenvalue weighted by Crippen LogP contribution is 2.40. The molecule has 1 heterocycles. The van der Waals surface area contributed by atoms with Gasteiger partial charge in [-0.25, -0.2) is 4.98 Å². The van der Waals surface area contributed by atoms with E-state index in [9.17, 15) is 4.79 Å². The second-order valence-corrected chi connectivity index (χ2v) is 5.68. The first-order valence-electron chi connectivity index (χ1n) is 6.30. The predicted molar refractivity (Wildman–Crippen MR) is 84.5 cm³/mol. The number of hydrogen-bond donors (Lipinski definition) is 2. The maximum Gasteiger partial charge on any atom is 0.230 e. The zero-order valence-corrected chi connectivity index (χ0v) is 12.5. The van der Waals surface area contributed by atoms with E-state index in [1.807, 2.05) is 17.5 Å². The molecule has 0 bridgehead atoms. The largest absolute Gasteiger partial charge is 0.399 e. The van der Waals surface area contributed by atoms with E-state index in [0.29, 0.717) is 23.2 Å². The summed E-state index contributed by atoms with van der Waals surface area (Å²) < 4.78 is 0. The van der Waals surface area contributed by atoms with E-state index in [1.165, 1.54) is 24.2 Å². The number of nitrogens with zero attached hydrogens (tertiary/aromatic N) is 1. The van der Waals surface area contributed by atoms with Crippen LogP contribution in [0.15, 0.2) is 29.6 Å². The second kappa shape index (κ2) is 6.24. The smallest absolute Gasteiger partial charge is 0.230 e. The zero-order chi connectivity index (χ0) is 13.2. The van der Waals surface area contributed by atoms with Crippen LogP contribution in [0, 0.1) is 0 Å². The van der Waals surface area contributed by atoms with Crippen LogP contribution in [0.2, 0.25) is 0 Å². The van der Waals surface area contributed by atoms with Crippen LogP contribution in [-0.4, -0.2) is 10.9 Å². The SMILES string of the molecule is Cl.Nc1ccc(CC(=O)Nc2nc(C3CC3)cs2)cc1. The number of anilines is 2. The van der Waals surface area contributed by atoms with Crippen molar-refractivity contribution in [1.82, 2.24) is 4.98 Å². The van der Waals surface area contributed by atoms with Crippen molar-refractivity contribution in [3.05, 3.63) is 40.9 Å². The maximum atomic E-state index is 11.9. The van der Waals surface area contributed by atoms with Crippen LogP contribution in [0.1, 0.15) is 30.0 Å². The van der Waals surface area contributed by atoms with Crippen molar-refractivity contribution in [3.8, 4) is 0 Å². The molecule has 1 aromatic heterocycles. The highest BCUT2D eigenvalue weighted by atomic mass is 35.5. The molecule has 1 aliphatic rings. The highest BCUT2D eigenvalue weighted by molar-refractivity contribution is 7.13. The minimum Gasteiger partial charge on any atom is -0.399 e. The summed E-state index contributed by atoms with van der Waals surface area (Å²) >= 11 is 1.50. The normalized spacial score (nSPS) is 13.6. The molecule has 6 heteroatoms. The Kier molecular flexibility index (Phi) is 4.62. The van der Waals surface area contributed by atoms with Gasteiger partial charge >= 0.3 is 0 Å². The fourth-order valence-electron chi connectivity index (χ4n) is 1.89. The molecular formula is C14H16ClN3OS. The van der Waals surface area contributed by atoms with Gasteiger partial charge in [-0.3, -0.25) is 4.79 Å². The Morgan fingerprint density at radius 3 is 2.70 bits per heavy atom. The number of benzene rings is 1. The zero-order valence-electron chi connectivity index (χ0n) is 10.8. The predicted octanol–water partition coefficient (Wildman–Crippen LogP) is 3.21. The number of thiazole rings is 1. The summed E-state index contributed by atoms with van der Waals surface area (Å²) in [7, 11) is 0. The summed E-state index contributed by atoms with van der Waals surface area (Å²) in [5, 5.41) is 5.58. The van der Waals surface area contributed by atoms with E-state index in [4.69, 9.17) is 5.73 Å². The lowest BCUT2D eigenvalue weighted by molar-refractivity contribution is -0.115. The topological polar surface area (TPSA) is 68.0 Å². The van der Waals surface area contributed by atoms with E-state index in [0.717, 1.165) is 11.3 Å². The molecule has 0 radical (unpaired) electrons. The number of rotatable bonds is 4. The third-order valence-corrected chi connectivity index (χ3v) is 3.88. The number of nitrogen functional groups attached to an aromatic ring is 1. The Morgan fingerprint density at radius 1 is 1.35 bits per heavy atom. The van der Waals surface area contributed by atoms with Gasteiger partial charge in [0.2, 0.25) is 5.91 Å². The van der Waals surface area contributed by atoms with Crippen molar-refractivity contribution < 1.29 is 4.79 Å². The first-order chi connectivity index (χ1) is 9.20. The standard InChI is InChI=1S/C14H15N3OS.ClH/c15-11-5-1-9(2-6-11)7-13(18)17-14-16-12(8-19-14)10-3-4-10;/h1-2,5-6,8,10H,3-4,7,15H2,(H,16,17,18);1H. The maximum absolute atomic E-state index is 11.9. The van der Waals surface area contributed by atoms with Crippen molar-refractivity contribution in [1.29, 1.82) is 0 Å². The summed E-state index contributed by atoms with van der Waals surface area (Å²) in [5.41, 5.74) is 8.38. The van der Waals surface area contributed by atoms with Crippen LogP contribution in [0.3, 0.4) is 0 Å². The van der Waals surface area contributed by atoms with Crippen LogP contribution in [0.5, 0.6) is 0 Å². The summed E-state index contributed by atoms with van der Waals surface area (Å²) in [5.74, 6) is 0.584. The molecular weight excluding hydrogens is 294 g/mol. The fraction of sp³-hybridized carbons (Fsp3) is 0.286. The van der Waals surface area contributed by atoms with Crippen molar-refractivity contribution in [3.63, 3.8) is 0 Å². The lowest BCUT2D eigenvalue weighted by Gasteiger charge is -2.02. The first-order valence-corrected chi connectivity index (χ1v) is 7.18. The van der Waals surface area contributed by atoms with E-state index in [2.05, 4.69) is 10.3 Å². The Bertz CT molecular complexity index is 593. The quantitative estimate of drug-likeness (QED) is 0.852. The minimum absolute atomic E-state index is 0. The molecule has 1 amide bonds. The molecule has 2 aromatic rings. The van der Waals surface area contributed by atoms with Gasteiger partial charge < -0.3 is 11.1 Å². The van der Waals surface area contributed by atoms with Crippen molar-refractivity contribution in [2.45, 2.75) is 25.2 Å². The molecule has 0 unspecified atom stereocenters. The van der Waals surface area contributed by atoms with Gasteiger partial charge in [0, 0.05) is 17.0 Å². The molecule has 20 heavy (non-hydrogen) atoms. The number of aromatic nitrogens is 1. The van der Waals surface area contributed by atoms with Crippen LogP contribution >= 0.6 is 23.7 Å². The molecule has 0 spiro atoms. The number of hydrogen-bond acceptors (Lipinski definition) is 4. The lowest BCUT2D eigenvalue weighted by Crippen LogP contribution is -2.14. The highest BCUT2D eigenvalue weighted by Gasteiger charge is 2.26. The molecule has 0 aliphatic heterocycles. The minimum atomic E-state index is -0.0403. The van der Waals surface area contributed by atoms with Crippen molar-refractivity contribution >= 4 is 40.5 Å². The Labute approximate surface area is 127 Å². The first kappa shape index (κ1) is 14.8. The van der Waals surface area contributed by atoms with E-state index in [-0.39, 0.29) is 18.3 Å². The summed E-state index contributed by atoms with van der Waals surface area (Å²) in [6.07, 6.45) is 2.80. The van der Waals surface area contributed by atoms with Crippen LogP contribution < -0.4 is 11.1 Å². The molecule has 106 valence electrons. The van der Waals surface area contributed by atoms with Crippen molar-refractivity contribution in [2.24, 2.45) is 0 Å². The van der Waals surface area contributed by atoms with E-state index < -0.39 is 0 Å². The molecule has 1 fully saturated rings. The van der Waals surface area contributed by atoms with E-state index >= 15 is 0 Å². The van der Waals surface area contributed by atoms with Gasteiger partial charge in [0.05, 0.1) is 12.1 Å². The number of carbonyl (C=O) groups excluding carboxylic acids is 1. The van der Waals surface area contributed by atoms with Crippen LogP contribution in [0.4, 0.5) is 10.8 Å². The third-order valence-electron chi connectivity index (χ3n) is 3.11. The fourth-order valence-corrected chi connectivity index (χ4v) is 2.70. The second-order valence-electron chi connectivity index (χ2n) is 4.82. The summed E-state index contributed by atoms with van der Waals surface area (Å²) in [6.45, 7) is 0. The molecule has 3 rings (SSSR count). The molecule has 3 N–H and O–H groups in total. The average Bonchev–Trinajstić information content (AvgIpc) is 3.14. The van der Waals surface area contributed by atoms with Gasteiger partial charge in [-0.05, 0) is 30.5 Å². The van der Waals surface area contributed by atoms with Gasteiger partial charge in [0.1, 0.15) is 0 Å². The van der Waals surface area contributed by atoms with Gasteiger partial charge in [-0.15, -0.1) is 23.7 Å². The third kappa shape index (κ3) is 3.71. The number of halogens is 1. The van der Waals surface area contributed by atoms with Gasteiger partial charge in [-0.2, -0.15) is 0 Å². The summed E-state index contributed by atoms with van der Waals surface area (Å²) in [4.78, 5) is 16.3. The number of nitrogens with one attached hydrogen (secondary N) is 1. The van der Waals surface area contributed by atoms with Gasteiger partial charge in [0.25, 0.3) is 0 Å². The van der Waals surface area contributed by atoms with Gasteiger partial charge in [-0.1, -0.05) is 12.1 Å². The Balaban J connectivity index is 0.00000147. The van der Waals surface area contributed by atoms with Crippen LogP contribution in [0.25, 0.3) is 0 Å². The molecule has 1 aromatic carbocycles. The Morgan fingerprint density at radius 2 is 2.05 bits per heavy atom. The van der Waals surface area contributed by atoms with Gasteiger partial charge in [0.15, 0.2) is 5.13 Å². The summed E-state index contributed by atoms with van der Waals surface area (Å²) in [6, 6.07) is 7.34. The Hall–Kier alpha value is -1.59. The average molecular weight is 310 g/mol. The van der Waals surface area contributed by atoms with E-state index in [1.54, 1.807) is 12.1 Å². The monoisotopic (exact) mass is 309 g/mol. The molecule has 4 nitrogen and oxygen atoms in total. The lowest BCUT2D eigenvalue weighted by atomic mass is 10.1. The van der Waals surface area contributed by atoms with Crippen molar-refractivity contribution in [2.75, 3.05) is 11.1 Å². The van der Waals surface area contributed by atoms with Crippen LogP contribution in [-0.2, 0) is 11.2 Å². The molecule has 0 saturated heterocycles. The number of carbonyl (C=O) groups is 1. The molecule has 1 aliphatic carbocycles. The number of nitrogens with two attached hydrogens (primary N) is 1. The molecule has 1 saturated carbocycles.